The van der Waals surface area contributed by atoms with Crippen LogP contribution >= 0.6 is 11.8 Å². The molecule has 0 aromatic heterocycles. The second-order valence-electron chi connectivity index (χ2n) is 5.27. The average molecular weight is 338 g/mol. The number of thioether (sulfide) groups is 1. The number of carbonyl (C=O) groups is 2. The zero-order valence-electron chi connectivity index (χ0n) is 12.7. The average Bonchev–Trinajstić information content (AvgIpc) is 3.04. The van der Waals surface area contributed by atoms with Gasteiger partial charge in [0.1, 0.15) is 0 Å². The van der Waals surface area contributed by atoms with Gasteiger partial charge in [0, 0.05) is 12.1 Å². The molecular weight excluding hydrogens is 320 g/mol. The van der Waals surface area contributed by atoms with Crippen molar-refractivity contribution < 1.29 is 19.2 Å². The summed E-state index contributed by atoms with van der Waals surface area (Å²) in [5, 5.41) is 13.8. The minimum Gasteiger partial charge on any atom is -0.452 e. The van der Waals surface area contributed by atoms with Gasteiger partial charge in [0.15, 0.2) is 6.61 Å². The smallest absolute Gasteiger partial charge is 0.338 e. The van der Waals surface area contributed by atoms with Gasteiger partial charge >= 0.3 is 5.97 Å². The molecule has 1 aromatic rings. The van der Waals surface area contributed by atoms with Gasteiger partial charge in [0.25, 0.3) is 11.6 Å². The van der Waals surface area contributed by atoms with Gasteiger partial charge in [-0.2, -0.15) is 0 Å². The molecule has 7 nitrogen and oxygen atoms in total. The van der Waals surface area contributed by atoms with Crippen molar-refractivity contribution in [2.75, 3.05) is 12.9 Å². The number of nitro benzene ring substituents is 1. The summed E-state index contributed by atoms with van der Waals surface area (Å²) in [6.45, 7) is -0.382. The quantitative estimate of drug-likeness (QED) is 0.370. The van der Waals surface area contributed by atoms with Crippen molar-refractivity contribution in [2.24, 2.45) is 0 Å². The topological polar surface area (TPSA) is 98.5 Å². The van der Waals surface area contributed by atoms with Gasteiger partial charge in [-0.15, -0.1) is 11.8 Å². The van der Waals surface area contributed by atoms with E-state index in [1.807, 2.05) is 0 Å². The number of esters is 1. The lowest BCUT2D eigenvalue weighted by molar-refractivity contribution is -0.387. The third-order valence-electron chi connectivity index (χ3n) is 3.67. The molecule has 0 bridgehead atoms. The van der Waals surface area contributed by atoms with Crippen molar-refractivity contribution in [3.8, 4) is 0 Å². The van der Waals surface area contributed by atoms with Crippen molar-refractivity contribution in [1.82, 2.24) is 5.32 Å². The molecule has 0 radical (unpaired) electrons. The molecule has 23 heavy (non-hydrogen) atoms. The summed E-state index contributed by atoms with van der Waals surface area (Å²) < 4.78 is 4.93. The molecule has 0 aliphatic heterocycles. The number of amides is 1. The predicted molar refractivity (Wildman–Crippen MR) is 85.6 cm³/mol. The van der Waals surface area contributed by atoms with Crippen molar-refractivity contribution >= 4 is 29.3 Å². The van der Waals surface area contributed by atoms with Crippen molar-refractivity contribution in [1.29, 1.82) is 0 Å². The van der Waals surface area contributed by atoms with Crippen LogP contribution in [0.2, 0.25) is 0 Å². The fourth-order valence-electron chi connectivity index (χ4n) is 2.51. The first-order valence-corrected chi connectivity index (χ1v) is 8.52. The molecule has 1 aliphatic rings. The molecule has 1 aromatic carbocycles. The third-order valence-corrected chi connectivity index (χ3v) is 4.45. The maximum absolute atomic E-state index is 11.9. The summed E-state index contributed by atoms with van der Waals surface area (Å²) in [7, 11) is 0. The molecule has 1 saturated carbocycles. The lowest BCUT2D eigenvalue weighted by Gasteiger charge is -2.12. The van der Waals surface area contributed by atoms with Gasteiger partial charge in [-0.3, -0.25) is 14.9 Å². The van der Waals surface area contributed by atoms with Gasteiger partial charge in [-0.1, -0.05) is 12.8 Å². The van der Waals surface area contributed by atoms with E-state index in [0.717, 1.165) is 25.7 Å². The van der Waals surface area contributed by atoms with E-state index in [1.54, 1.807) is 6.26 Å². The van der Waals surface area contributed by atoms with Crippen LogP contribution in [0.3, 0.4) is 0 Å². The molecule has 1 fully saturated rings. The number of hydrogen-bond donors (Lipinski definition) is 1. The number of ether oxygens (including phenoxy) is 1. The molecular formula is C15H18N2O5S. The van der Waals surface area contributed by atoms with Gasteiger partial charge in [-0.05, 0) is 31.2 Å². The lowest BCUT2D eigenvalue weighted by Crippen LogP contribution is -2.35. The molecule has 0 unspecified atom stereocenters. The number of rotatable bonds is 6. The monoisotopic (exact) mass is 338 g/mol. The molecule has 0 spiro atoms. The van der Waals surface area contributed by atoms with Gasteiger partial charge in [0.2, 0.25) is 0 Å². The number of nitro groups is 1. The third kappa shape index (κ3) is 4.69. The molecule has 1 N–H and O–H groups in total. The standard InChI is InChI=1S/C15H18N2O5S/c1-23-13-7-6-10(8-12(13)17(20)21)15(19)22-9-14(18)16-11-4-2-3-5-11/h6-8,11H,2-5,9H2,1H3,(H,16,18). The lowest BCUT2D eigenvalue weighted by atomic mass is 10.2. The minimum absolute atomic E-state index is 0.0585. The van der Waals surface area contributed by atoms with Crippen LogP contribution < -0.4 is 5.32 Å². The highest BCUT2D eigenvalue weighted by atomic mass is 32.2. The molecule has 1 aliphatic carbocycles. The van der Waals surface area contributed by atoms with E-state index >= 15 is 0 Å². The van der Waals surface area contributed by atoms with Crippen LogP contribution in [0.15, 0.2) is 23.1 Å². The Bertz CT molecular complexity index is 614. The van der Waals surface area contributed by atoms with E-state index in [4.69, 9.17) is 4.74 Å². The van der Waals surface area contributed by atoms with Gasteiger partial charge in [0.05, 0.1) is 15.4 Å². The van der Waals surface area contributed by atoms with E-state index in [9.17, 15) is 19.7 Å². The van der Waals surface area contributed by atoms with Gasteiger partial charge < -0.3 is 10.1 Å². The minimum atomic E-state index is -0.748. The molecule has 0 atom stereocenters. The molecule has 2 rings (SSSR count). The Kier molecular flexibility index (Phi) is 5.97. The summed E-state index contributed by atoms with van der Waals surface area (Å²) in [6.07, 6.45) is 5.80. The normalized spacial score (nSPS) is 14.5. The Balaban J connectivity index is 1.93. The summed E-state index contributed by atoms with van der Waals surface area (Å²) in [5.41, 5.74) is -0.0921. The van der Waals surface area contributed by atoms with Crippen molar-refractivity contribution in [2.45, 2.75) is 36.6 Å². The van der Waals surface area contributed by atoms with Crippen LogP contribution in [0.4, 0.5) is 5.69 Å². The summed E-state index contributed by atoms with van der Waals surface area (Å²) in [5.74, 6) is -1.09. The SMILES string of the molecule is CSc1ccc(C(=O)OCC(=O)NC2CCCC2)cc1[N+](=O)[O-]. The van der Waals surface area contributed by atoms with Gasteiger partial charge in [-0.25, -0.2) is 4.79 Å². The highest BCUT2D eigenvalue weighted by Crippen LogP contribution is 2.28. The summed E-state index contributed by atoms with van der Waals surface area (Å²) in [4.78, 5) is 34.5. The van der Waals surface area contributed by atoms with Crippen LogP contribution in [0.1, 0.15) is 36.0 Å². The maximum atomic E-state index is 11.9. The predicted octanol–water partition coefficient (Wildman–Crippen LogP) is 2.53. The molecule has 0 saturated heterocycles. The number of hydrogen-bond acceptors (Lipinski definition) is 6. The first-order chi connectivity index (χ1) is 11.0. The summed E-state index contributed by atoms with van der Waals surface area (Å²) >= 11 is 1.22. The Morgan fingerprint density at radius 1 is 1.39 bits per heavy atom. The first-order valence-electron chi connectivity index (χ1n) is 7.30. The Morgan fingerprint density at radius 3 is 2.70 bits per heavy atom. The number of carbonyl (C=O) groups excluding carboxylic acids is 2. The van der Waals surface area contributed by atoms with E-state index in [2.05, 4.69) is 5.32 Å². The maximum Gasteiger partial charge on any atom is 0.338 e. The fraction of sp³-hybridized carbons (Fsp3) is 0.467. The Hall–Kier alpha value is -2.09. The summed E-state index contributed by atoms with van der Waals surface area (Å²) in [6, 6.07) is 4.28. The van der Waals surface area contributed by atoms with Crippen molar-refractivity contribution in [3.05, 3.63) is 33.9 Å². The van der Waals surface area contributed by atoms with Crippen LogP contribution in [0.5, 0.6) is 0 Å². The van der Waals surface area contributed by atoms with Crippen LogP contribution in [0.25, 0.3) is 0 Å². The first kappa shape index (κ1) is 17.3. The highest BCUT2D eigenvalue weighted by molar-refractivity contribution is 7.98. The zero-order valence-corrected chi connectivity index (χ0v) is 13.6. The molecule has 124 valence electrons. The molecule has 0 heterocycles. The largest absolute Gasteiger partial charge is 0.452 e. The van der Waals surface area contributed by atoms with Crippen LogP contribution in [0, 0.1) is 10.1 Å². The highest BCUT2D eigenvalue weighted by Gasteiger charge is 2.20. The molecule has 1 amide bonds. The van der Waals surface area contributed by atoms with E-state index in [-0.39, 0.29) is 29.8 Å². The zero-order chi connectivity index (χ0) is 16.8. The fourth-order valence-corrected chi connectivity index (χ4v) is 3.06. The second-order valence-corrected chi connectivity index (χ2v) is 6.12. The Morgan fingerprint density at radius 2 is 2.09 bits per heavy atom. The van der Waals surface area contributed by atoms with E-state index in [0.29, 0.717) is 4.90 Å². The number of nitrogens with one attached hydrogen (secondary N) is 1. The Labute approximate surface area is 137 Å². The van der Waals surface area contributed by atoms with Crippen LogP contribution in [-0.4, -0.2) is 35.7 Å². The van der Waals surface area contributed by atoms with Crippen LogP contribution in [-0.2, 0) is 9.53 Å². The van der Waals surface area contributed by atoms with Crippen molar-refractivity contribution in [3.63, 3.8) is 0 Å². The van der Waals surface area contributed by atoms with E-state index in [1.165, 1.54) is 30.0 Å². The van der Waals surface area contributed by atoms with E-state index < -0.39 is 10.9 Å². The number of benzene rings is 1. The number of nitrogens with zero attached hydrogens (tertiary/aromatic N) is 1. The second kappa shape index (κ2) is 7.96. The molecule has 8 heteroatoms.